The third-order valence-corrected chi connectivity index (χ3v) is 2.74. The maximum absolute atomic E-state index is 11.7. The van der Waals surface area contributed by atoms with E-state index in [1.165, 1.54) is 0 Å². The minimum absolute atomic E-state index is 0.0751. The Kier molecular flexibility index (Phi) is 2.83. The van der Waals surface area contributed by atoms with Crippen LogP contribution in [0.3, 0.4) is 0 Å². The van der Waals surface area contributed by atoms with Crippen LogP contribution in [-0.2, 0) is 0 Å². The van der Waals surface area contributed by atoms with Crippen molar-refractivity contribution in [2.75, 3.05) is 13.7 Å². The monoisotopic (exact) mass is 221 g/mol. The smallest absolute Gasteiger partial charge is 0.165 e. The zero-order chi connectivity index (χ0) is 11.7. The summed E-state index contributed by atoms with van der Waals surface area (Å²) in [6, 6.07) is 3.31. The molecule has 1 aromatic rings. The van der Waals surface area contributed by atoms with Crippen molar-refractivity contribution in [3.8, 4) is 11.5 Å². The molecule has 0 heterocycles. The topological polar surface area (TPSA) is 61.6 Å². The molecule has 1 aliphatic carbocycles. The summed E-state index contributed by atoms with van der Waals surface area (Å²) < 4.78 is 10.6. The Balaban J connectivity index is 2.50. The Morgan fingerprint density at radius 2 is 2.19 bits per heavy atom. The average molecular weight is 221 g/mol. The molecular formula is C12H15NO3. The Labute approximate surface area is 94.3 Å². The number of hydrogen-bond acceptors (Lipinski definition) is 4. The van der Waals surface area contributed by atoms with Crippen LogP contribution in [0.4, 0.5) is 0 Å². The molecule has 2 N–H and O–H groups in total. The van der Waals surface area contributed by atoms with E-state index >= 15 is 0 Å². The van der Waals surface area contributed by atoms with E-state index < -0.39 is 0 Å². The molecular weight excluding hydrogens is 206 g/mol. The second-order valence-corrected chi connectivity index (χ2v) is 3.76. The van der Waals surface area contributed by atoms with Gasteiger partial charge in [0.1, 0.15) is 0 Å². The summed E-state index contributed by atoms with van der Waals surface area (Å²) in [5, 5.41) is 0. The average Bonchev–Trinajstić information content (AvgIpc) is 2.54. The fraction of sp³-hybridized carbons (Fsp3) is 0.417. The van der Waals surface area contributed by atoms with E-state index in [0.717, 1.165) is 5.56 Å². The SMILES string of the molecule is CCOc1cc2c(cc1OC)[C@H](N)CC2=O. The Bertz CT molecular complexity index is 429. The third kappa shape index (κ3) is 1.65. The first kappa shape index (κ1) is 11.0. The van der Waals surface area contributed by atoms with Crippen molar-refractivity contribution < 1.29 is 14.3 Å². The van der Waals surface area contributed by atoms with Gasteiger partial charge in [-0.05, 0) is 24.6 Å². The highest BCUT2D eigenvalue weighted by molar-refractivity contribution is 6.01. The second-order valence-electron chi connectivity index (χ2n) is 3.76. The van der Waals surface area contributed by atoms with Crippen molar-refractivity contribution in [2.24, 2.45) is 5.73 Å². The van der Waals surface area contributed by atoms with Gasteiger partial charge in [-0.2, -0.15) is 0 Å². The summed E-state index contributed by atoms with van der Waals surface area (Å²) in [5.74, 6) is 1.31. The van der Waals surface area contributed by atoms with E-state index in [1.54, 1.807) is 19.2 Å². The molecule has 16 heavy (non-hydrogen) atoms. The maximum atomic E-state index is 11.7. The van der Waals surface area contributed by atoms with Gasteiger partial charge in [-0.1, -0.05) is 0 Å². The van der Waals surface area contributed by atoms with Crippen molar-refractivity contribution in [1.29, 1.82) is 0 Å². The fourth-order valence-corrected chi connectivity index (χ4v) is 1.97. The first-order valence-electron chi connectivity index (χ1n) is 5.30. The third-order valence-electron chi connectivity index (χ3n) is 2.74. The van der Waals surface area contributed by atoms with E-state index in [4.69, 9.17) is 15.2 Å². The van der Waals surface area contributed by atoms with Crippen molar-refractivity contribution in [1.82, 2.24) is 0 Å². The number of methoxy groups -OCH3 is 1. The quantitative estimate of drug-likeness (QED) is 0.843. The number of Topliss-reactive ketones (excluding diaryl/α,β-unsaturated/α-hetero) is 1. The van der Waals surface area contributed by atoms with Gasteiger partial charge in [-0.15, -0.1) is 0 Å². The largest absolute Gasteiger partial charge is 0.493 e. The number of carbonyl (C=O) groups is 1. The second kappa shape index (κ2) is 4.14. The minimum Gasteiger partial charge on any atom is -0.493 e. The van der Waals surface area contributed by atoms with Gasteiger partial charge >= 0.3 is 0 Å². The minimum atomic E-state index is -0.216. The van der Waals surface area contributed by atoms with E-state index in [0.29, 0.717) is 30.1 Å². The van der Waals surface area contributed by atoms with Gasteiger partial charge in [0, 0.05) is 18.0 Å². The van der Waals surface area contributed by atoms with Gasteiger partial charge in [-0.3, -0.25) is 4.79 Å². The summed E-state index contributed by atoms with van der Waals surface area (Å²) in [5.41, 5.74) is 7.38. The molecule has 86 valence electrons. The molecule has 0 saturated heterocycles. The van der Waals surface area contributed by atoms with Gasteiger partial charge in [-0.25, -0.2) is 0 Å². The number of nitrogens with two attached hydrogens (primary N) is 1. The zero-order valence-corrected chi connectivity index (χ0v) is 9.45. The Morgan fingerprint density at radius 1 is 1.44 bits per heavy atom. The fourth-order valence-electron chi connectivity index (χ4n) is 1.97. The molecule has 1 aliphatic rings. The number of ether oxygens (including phenoxy) is 2. The predicted molar refractivity (Wildman–Crippen MR) is 60.0 cm³/mol. The van der Waals surface area contributed by atoms with E-state index in [9.17, 15) is 4.79 Å². The first-order chi connectivity index (χ1) is 7.67. The van der Waals surface area contributed by atoms with Crippen LogP contribution in [-0.4, -0.2) is 19.5 Å². The number of fused-ring (bicyclic) bond motifs is 1. The molecule has 0 saturated carbocycles. The van der Waals surface area contributed by atoms with Crippen LogP contribution in [0.1, 0.15) is 35.3 Å². The lowest BCUT2D eigenvalue weighted by Crippen LogP contribution is -2.06. The van der Waals surface area contributed by atoms with Crippen molar-refractivity contribution >= 4 is 5.78 Å². The molecule has 2 rings (SSSR count). The zero-order valence-electron chi connectivity index (χ0n) is 9.45. The molecule has 1 atom stereocenters. The van der Waals surface area contributed by atoms with Crippen LogP contribution < -0.4 is 15.2 Å². The molecule has 0 fully saturated rings. The predicted octanol–water partition coefficient (Wildman–Crippen LogP) is 1.68. The van der Waals surface area contributed by atoms with E-state index in [1.807, 2.05) is 6.92 Å². The van der Waals surface area contributed by atoms with Gasteiger partial charge in [0.2, 0.25) is 0 Å². The van der Waals surface area contributed by atoms with Crippen LogP contribution in [0.5, 0.6) is 11.5 Å². The number of rotatable bonds is 3. The van der Waals surface area contributed by atoms with Crippen LogP contribution >= 0.6 is 0 Å². The van der Waals surface area contributed by atoms with Gasteiger partial charge in [0.05, 0.1) is 13.7 Å². The molecule has 4 nitrogen and oxygen atoms in total. The summed E-state index contributed by atoms with van der Waals surface area (Å²) in [6.07, 6.45) is 0.369. The summed E-state index contributed by atoms with van der Waals surface area (Å²) in [4.78, 5) is 11.7. The van der Waals surface area contributed by atoms with Crippen LogP contribution in [0.15, 0.2) is 12.1 Å². The van der Waals surface area contributed by atoms with Crippen molar-refractivity contribution in [2.45, 2.75) is 19.4 Å². The van der Waals surface area contributed by atoms with Crippen LogP contribution in [0, 0.1) is 0 Å². The lowest BCUT2D eigenvalue weighted by atomic mass is 10.1. The number of carbonyl (C=O) groups excluding carboxylic acids is 1. The Hall–Kier alpha value is -1.55. The van der Waals surface area contributed by atoms with Crippen LogP contribution in [0.25, 0.3) is 0 Å². The van der Waals surface area contributed by atoms with Crippen LogP contribution in [0.2, 0.25) is 0 Å². The van der Waals surface area contributed by atoms with E-state index in [2.05, 4.69) is 0 Å². The lowest BCUT2D eigenvalue weighted by molar-refractivity contribution is 0.0989. The van der Waals surface area contributed by atoms with Gasteiger partial charge in [0.15, 0.2) is 17.3 Å². The highest BCUT2D eigenvalue weighted by Gasteiger charge is 2.28. The summed E-state index contributed by atoms with van der Waals surface area (Å²) in [6.45, 7) is 2.43. The highest BCUT2D eigenvalue weighted by atomic mass is 16.5. The Morgan fingerprint density at radius 3 is 2.81 bits per heavy atom. The molecule has 4 heteroatoms. The first-order valence-corrected chi connectivity index (χ1v) is 5.30. The molecule has 0 spiro atoms. The molecule has 0 aromatic heterocycles. The number of benzene rings is 1. The maximum Gasteiger partial charge on any atom is 0.165 e. The molecule has 0 unspecified atom stereocenters. The van der Waals surface area contributed by atoms with Gasteiger partial charge < -0.3 is 15.2 Å². The van der Waals surface area contributed by atoms with E-state index in [-0.39, 0.29) is 11.8 Å². The van der Waals surface area contributed by atoms with Crippen molar-refractivity contribution in [3.63, 3.8) is 0 Å². The molecule has 0 aliphatic heterocycles. The molecule has 0 amide bonds. The normalized spacial score (nSPS) is 18.4. The molecule has 0 bridgehead atoms. The lowest BCUT2D eigenvalue weighted by Gasteiger charge is -2.12. The summed E-state index contributed by atoms with van der Waals surface area (Å²) >= 11 is 0. The summed E-state index contributed by atoms with van der Waals surface area (Å²) in [7, 11) is 1.58. The highest BCUT2D eigenvalue weighted by Crippen LogP contribution is 2.38. The number of ketones is 1. The number of hydrogen-bond donors (Lipinski definition) is 1. The van der Waals surface area contributed by atoms with Crippen molar-refractivity contribution in [3.05, 3.63) is 23.3 Å². The molecule has 1 aromatic carbocycles. The van der Waals surface area contributed by atoms with Gasteiger partial charge in [0.25, 0.3) is 0 Å². The standard InChI is InChI=1S/C12H15NO3/c1-3-16-12-5-8-7(4-11(12)15-2)9(13)6-10(8)14/h4-5,9H,3,6,13H2,1-2H3/t9-/m1/s1. The molecule has 0 radical (unpaired) electrons.